The van der Waals surface area contributed by atoms with E-state index in [-0.39, 0.29) is 6.10 Å². The fourth-order valence-electron chi connectivity index (χ4n) is 1.69. The van der Waals surface area contributed by atoms with E-state index < -0.39 is 0 Å². The highest BCUT2D eigenvalue weighted by molar-refractivity contribution is 5.13. The number of aromatic nitrogens is 3. The molecule has 1 aromatic heterocycles. The number of hydrogen-bond acceptors (Lipinski definition) is 5. The van der Waals surface area contributed by atoms with Gasteiger partial charge in [-0.15, -0.1) is 5.10 Å². The van der Waals surface area contributed by atoms with E-state index in [1.165, 1.54) is 0 Å². The van der Waals surface area contributed by atoms with Crippen molar-refractivity contribution in [1.82, 2.24) is 19.9 Å². The maximum absolute atomic E-state index is 5.58. The third-order valence-corrected chi connectivity index (χ3v) is 2.73. The second-order valence-electron chi connectivity index (χ2n) is 4.36. The molecule has 0 aromatic carbocycles. The molecule has 0 spiro atoms. The smallest absolute Gasteiger partial charge is 0.0978 e. The standard InChI is InChI=1S/C11H23N5O/c1-9(17-4)11-10(5-6-12)13-14-16(11)8-7-15(2)3/h9H,5-8,12H2,1-4H3. The largest absolute Gasteiger partial charge is 0.375 e. The summed E-state index contributed by atoms with van der Waals surface area (Å²) in [6.45, 7) is 4.32. The van der Waals surface area contributed by atoms with Crippen LogP contribution in [0.4, 0.5) is 0 Å². The molecular weight excluding hydrogens is 218 g/mol. The van der Waals surface area contributed by atoms with Crippen LogP contribution in [-0.4, -0.2) is 54.2 Å². The number of ether oxygens (including phenoxy) is 1. The van der Waals surface area contributed by atoms with Gasteiger partial charge in [0, 0.05) is 20.1 Å². The molecule has 2 N–H and O–H groups in total. The van der Waals surface area contributed by atoms with Crippen LogP contribution >= 0.6 is 0 Å². The fraction of sp³-hybridized carbons (Fsp3) is 0.818. The van der Waals surface area contributed by atoms with Crippen LogP contribution in [0.25, 0.3) is 0 Å². The number of nitrogens with two attached hydrogens (primary N) is 1. The van der Waals surface area contributed by atoms with Crippen molar-refractivity contribution in [3.8, 4) is 0 Å². The molecule has 0 radical (unpaired) electrons. The molecule has 17 heavy (non-hydrogen) atoms. The minimum Gasteiger partial charge on any atom is -0.375 e. The Labute approximate surface area is 103 Å². The highest BCUT2D eigenvalue weighted by Gasteiger charge is 2.18. The van der Waals surface area contributed by atoms with Gasteiger partial charge in [0.25, 0.3) is 0 Å². The van der Waals surface area contributed by atoms with Crippen molar-refractivity contribution < 1.29 is 4.74 Å². The minimum absolute atomic E-state index is 0.00582. The van der Waals surface area contributed by atoms with Crippen LogP contribution in [0.1, 0.15) is 24.4 Å². The minimum atomic E-state index is -0.00582. The molecule has 6 heteroatoms. The fourth-order valence-corrected chi connectivity index (χ4v) is 1.69. The number of rotatable bonds is 7. The second-order valence-corrected chi connectivity index (χ2v) is 4.36. The van der Waals surface area contributed by atoms with Crippen LogP contribution in [0.15, 0.2) is 0 Å². The van der Waals surface area contributed by atoms with Crippen molar-refractivity contribution in [3.05, 3.63) is 11.4 Å². The molecule has 0 aliphatic carbocycles. The summed E-state index contributed by atoms with van der Waals surface area (Å²) in [5.74, 6) is 0. The van der Waals surface area contributed by atoms with Gasteiger partial charge in [-0.1, -0.05) is 5.21 Å². The average molecular weight is 241 g/mol. The zero-order valence-electron chi connectivity index (χ0n) is 11.2. The van der Waals surface area contributed by atoms with Gasteiger partial charge in [-0.3, -0.25) is 0 Å². The predicted octanol–water partition coefficient (Wildman–Crippen LogP) is 0.0483. The van der Waals surface area contributed by atoms with Crippen LogP contribution in [0.3, 0.4) is 0 Å². The monoisotopic (exact) mass is 241 g/mol. The summed E-state index contributed by atoms with van der Waals surface area (Å²) in [6, 6.07) is 0. The van der Waals surface area contributed by atoms with E-state index in [0.29, 0.717) is 6.54 Å². The van der Waals surface area contributed by atoms with E-state index in [4.69, 9.17) is 10.5 Å². The third-order valence-electron chi connectivity index (χ3n) is 2.73. The van der Waals surface area contributed by atoms with Crippen molar-refractivity contribution in [2.75, 3.05) is 34.3 Å². The zero-order chi connectivity index (χ0) is 12.8. The molecule has 0 aliphatic rings. The Hall–Kier alpha value is -0.980. The Balaban J connectivity index is 2.87. The lowest BCUT2D eigenvalue weighted by Crippen LogP contribution is -2.21. The Morgan fingerprint density at radius 3 is 2.71 bits per heavy atom. The molecule has 1 unspecified atom stereocenters. The normalized spacial score (nSPS) is 13.3. The van der Waals surface area contributed by atoms with Gasteiger partial charge in [0.1, 0.15) is 0 Å². The Morgan fingerprint density at radius 2 is 2.18 bits per heavy atom. The van der Waals surface area contributed by atoms with E-state index in [0.717, 1.165) is 30.9 Å². The van der Waals surface area contributed by atoms with Crippen molar-refractivity contribution >= 4 is 0 Å². The zero-order valence-corrected chi connectivity index (χ0v) is 11.2. The van der Waals surface area contributed by atoms with E-state index in [2.05, 4.69) is 15.2 Å². The van der Waals surface area contributed by atoms with Crippen molar-refractivity contribution in [2.45, 2.75) is 26.0 Å². The second kappa shape index (κ2) is 6.68. The Morgan fingerprint density at radius 1 is 1.47 bits per heavy atom. The van der Waals surface area contributed by atoms with Gasteiger partial charge >= 0.3 is 0 Å². The first-order valence-electron chi connectivity index (χ1n) is 5.90. The van der Waals surface area contributed by atoms with Gasteiger partial charge < -0.3 is 15.4 Å². The molecule has 0 bridgehead atoms. The van der Waals surface area contributed by atoms with Gasteiger partial charge in [0.2, 0.25) is 0 Å². The molecule has 0 aliphatic heterocycles. The van der Waals surface area contributed by atoms with Gasteiger partial charge in [0.05, 0.1) is 24.0 Å². The summed E-state index contributed by atoms with van der Waals surface area (Å²) < 4.78 is 7.29. The molecule has 1 aromatic rings. The molecule has 0 amide bonds. The van der Waals surface area contributed by atoms with Crippen LogP contribution < -0.4 is 5.73 Å². The first-order chi connectivity index (χ1) is 8.10. The van der Waals surface area contributed by atoms with Gasteiger partial charge in [-0.25, -0.2) is 4.68 Å². The van der Waals surface area contributed by atoms with Crippen LogP contribution in [0.2, 0.25) is 0 Å². The Bertz CT molecular complexity index is 337. The summed E-state index contributed by atoms with van der Waals surface area (Å²) in [6.07, 6.45) is 0.735. The van der Waals surface area contributed by atoms with Gasteiger partial charge in [-0.05, 0) is 27.6 Å². The quantitative estimate of drug-likeness (QED) is 0.730. The van der Waals surface area contributed by atoms with Gasteiger partial charge in [-0.2, -0.15) is 0 Å². The first kappa shape index (κ1) is 14.1. The molecule has 1 heterocycles. The number of nitrogens with zero attached hydrogens (tertiary/aromatic N) is 4. The summed E-state index contributed by atoms with van der Waals surface area (Å²) in [5, 5.41) is 8.37. The number of likely N-dealkylation sites (N-methyl/N-ethyl adjacent to an activating group) is 1. The lowest BCUT2D eigenvalue weighted by atomic mass is 10.2. The maximum atomic E-state index is 5.58. The summed E-state index contributed by atoms with van der Waals surface area (Å²) >= 11 is 0. The van der Waals surface area contributed by atoms with E-state index in [1.807, 2.05) is 25.7 Å². The molecule has 1 rings (SSSR count). The maximum Gasteiger partial charge on any atom is 0.0978 e. The average Bonchev–Trinajstić information content (AvgIpc) is 2.69. The lowest BCUT2D eigenvalue weighted by molar-refractivity contribution is 0.110. The molecule has 98 valence electrons. The summed E-state index contributed by atoms with van der Waals surface area (Å²) in [5.41, 5.74) is 7.56. The molecule has 1 atom stereocenters. The van der Waals surface area contributed by atoms with Crippen molar-refractivity contribution in [2.24, 2.45) is 5.73 Å². The van der Waals surface area contributed by atoms with Crippen LogP contribution in [-0.2, 0) is 17.7 Å². The van der Waals surface area contributed by atoms with Crippen molar-refractivity contribution in [3.63, 3.8) is 0 Å². The molecule has 0 fully saturated rings. The Kier molecular flexibility index (Phi) is 5.54. The summed E-state index contributed by atoms with van der Waals surface area (Å²) in [4.78, 5) is 2.12. The number of methoxy groups -OCH3 is 1. The van der Waals surface area contributed by atoms with E-state index in [9.17, 15) is 0 Å². The molecule has 0 saturated carbocycles. The van der Waals surface area contributed by atoms with E-state index in [1.54, 1.807) is 7.11 Å². The highest BCUT2D eigenvalue weighted by atomic mass is 16.5. The SMILES string of the molecule is COC(C)c1c(CCN)nnn1CCN(C)C. The van der Waals surface area contributed by atoms with Crippen LogP contribution in [0.5, 0.6) is 0 Å². The molecule has 0 saturated heterocycles. The third kappa shape index (κ3) is 3.76. The number of hydrogen-bond donors (Lipinski definition) is 1. The van der Waals surface area contributed by atoms with Gasteiger partial charge in [0.15, 0.2) is 0 Å². The first-order valence-corrected chi connectivity index (χ1v) is 5.90. The topological polar surface area (TPSA) is 69.2 Å². The molecular formula is C11H23N5O. The molecule has 6 nitrogen and oxygen atoms in total. The predicted molar refractivity (Wildman–Crippen MR) is 66.8 cm³/mol. The van der Waals surface area contributed by atoms with Crippen molar-refractivity contribution in [1.29, 1.82) is 0 Å². The highest BCUT2D eigenvalue weighted by Crippen LogP contribution is 2.19. The lowest BCUT2D eigenvalue weighted by Gasteiger charge is -2.15. The van der Waals surface area contributed by atoms with Crippen LogP contribution in [0, 0.1) is 0 Å². The summed E-state index contributed by atoms with van der Waals surface area (Å²) in [7, 11) is 5.77. The van der Waals surface area contributed by atoms with E-state index >= 15 is 0 Å².